The van der Waals surface area contributed by atoms with Gasteiger partial charge in [-0.3, -0.25) is 4.79 Å². The standard InChI is InChI=1S/C14H26N2O2S/c1-11(2)16(9-10-18-3)13(17)14(12(15)19)7-5-4-6-8-14/h11H,4-10H2,1-3H3,(H2,15,19). The highest BCUT2D eigenvalue weighted by Crippen LogP contribution is 2.38. The van der Waals surface area contributed by atoms with E-state index in [1.54, 1.807) is 7.11 Å². The SMILES string of the molecule is COCCN(C(=O)C1(C(N)=S)CCCCC1)C(C)C. The zero-order chi connectivity index (χ0) is 14.5. The number of hydrogen-bond donors (Lipinski definition) is 1. The molecule has 4 nitrogen and oxygen atoms in total. The van der Waals surface area contributed by atoms with Crippen LogP contribution in [0.4, 0.5) is 0 Å². The lowest BCUT2D eigenvalue weighted by Gasteiger charge is -2.40. The number of nitrogens with two attached hydrogens (primary N) is 1. The average molecular weight is 286 g/mol. The van der Waals surface area contributed by atoms with Crippen LogP contribution in [0.1, 0.15) is 46.0 Å². The fourth-order valence-electron chi connectivity index (χ4n) is 2.78. The van der Waals surface area contributed by atoms with Gasteiger partial charge >= 0.3 is 0 Å². The second kappa shape index (κ2) is 7.20. The largest absolute Gasteiger partial charge is 0.392 e. The maximum absolute atomic E-state index is 12.9. The minimum Gasteiger partial charge on any atom is -0.392 e. The first-order valence-electron chi connectivity index (χ1n) is 7.05. The average Bonchev–Trinajstić information content (AvgIpc) is 2.39. The molecule has 110 valence electrons. The van der Waals surface area contributed by atoms with Gasteiger partial charge in [0.15, 0.2) is 0 Å². The summed E-state index contributed by atoms with van der Waals surface area (Å²) in [6, 6.07) is 0.135. The van der Waals surface area contributed by atoms with Gasteiger partial charge in [-0.25, -0.2) is 0 Å². The first-order valence-corrected chi connectivity index (χ1v) is 7.46. The molecule has 2 N–H and O–H groups in total. The van der Waals surface area contributed by atoms with E-state index in [0.29, 0.717) is 18.1 Å². The van der Waals surface area contributed by atoms with Gasteiger partial charge in [-0.15, -0.1) is 0 Å². The molecule has 1 rings (SSSR count). The molecule has 0 bridgehead atoms. The molecule has 0 saturated heterocycles. The first kappa shape index (κ1) is 16.4. The molecule has 0 aliphatic heterocycles. The number of nitrogens with zero attached hydrogens (tertiary/aromatic N) is 1. The minimum absolute atomic E-state index is 0.0896. The molecule has 19 heavy (non-hydrogen) atoms. The Morgan fingerprint density at radius 3 is 2.37 bits per heavy atom. The van der Waals surface area contributed by atoms with Gasteiger partial charge in [-0.2, -0.15) is 0 Å². The highest BCUT2D eigenvalue weighted by Gasteiger charge is 2.45. The minimum atomic E-state index is -0.619. The number of rotatable bonds is 6. The van der Waals surface area contributed by atoms with E-state index in [4.69, 9.17) is 22.7 Å². The maximum Gasteiger partial charge on any atom is 0.235 e. The third-order valence-electron chi connectivity index (χ3n) is 4.01. The molecular formula is C14H26N2O2S. The van der Waals surface area contributed by atoms with E-state index in [9.17, 15) is 4.79 Å². The van der Waals surface area contributed by atoms with Gasteiger partial charge in [0.05, 0.1) is 17.0 Å². The number of ether oxygens (including phenoxy) is 1. The van der Waals surface area contributed by atoms with Crippen LogP contribution in [0.15, 0.2) is 0 Å². The topological polar surface area (TPSA) is 55.6 Å². The Labute approximate surface area is 121 Å². The molecule has 1 saturated carbocycles. The number of carbonyl (C=O) groups is 1. The molecule has 0 aromatic carbocycles. The molecule has 1 fully saturated rings. The summed E-state index contributed by atoms with van der Waals surface area (Å²) in [5.41, 5.74) is 5.30. The molecule has 1 aliphatic carbocycles. The van der Waals surface area contributed by atoms with E-state index in [-0.39, 0.29) is 11.9 Å². The Balaban J connectivity index is 2.93. The second-order valence-electron chi connectivity index (χ2n) is 5.59. The monoisotopic (exact) mass is 286 g/mol. The number of thiocarbonyl (C=S) groups is 1. The fourth-order valence-corrected chi connectivity index (χ4v) is 3.07. The van der Waals surface area contributed by atoms with Crippen LogP contribution in [0.3, 0.4) is 0 Å². The van der Waals surface area contributed by atoms with Crippen LogP contribution < -0.4 is 5.73 Å². The van der Waals surface area contributed by atoms with Crippen molar-refractivity contribution in [3.8, 4) is 0 Å². The zero-order valence-corrected chi connectivity index (χ0v) is 13.1. The number of methoxy groups -OCH3 is 1. The van der Waals surface area contributed by atoms with Crippen molar-refractivity contribution < 1.29 is 9.53 Å². The van der Waals surface area contributed by atoms with Crippen molar-refractivity contribution in [2.24, 2.45) is 11.1 Å². The highest BCUT2D eigenvalue weighted by atomic mass is 32.1. The molecule has 0 spiro atoms. The lowest BCUT2D eigenvalue weighted by atomic mass is 9.72. The Morgan fingerprint density at radius 2 is 1.95 bits per heavy atom. The Kier molecular flexibility index (Phi) is 6.20. The van der Waals surface area contributed by atoms with E-state index in [0.717, 1.165) is 32.1 Å². The van der Waals surface area contributed by atoms with Gasteiger partial charge in [0, 0.05) is 19.7 Å². The highest BCUT2D eigenvalue weighted by molar-refractivity contribution is 7.80. The van der Waals surface area contributed by atoms with Crippen LogP contribution in [0.5, 0.6) is 0 Å². The predicted octanol–water partition coefficient (Wildman–Crippen LogP) is 2.11. The molecule has 0 radical (unpaired) electrons. The smallest absolute Gasteiger partial charge is 0.235 e. The molecule has 1 amide bonds. The van der Waals surface area contributed by atoms with Crippen molar-refractivity contribution in [1.29, 1.82) is 0 Å². The van der Waals surface area contributed by atoms with Crippen LogP contribution in [0, 0.1) is 5.41 Å². The molecule has 0 aromatic rings. The molecule has 0 heterocycles. The van der Waals surface area contributed by atoms with Crippen molar-refractivity contribution in [3.05, 3.63) is 0 Å². The summed E-state index contributed by atoms with van der Waals surface area (Å²) in [6.07, 6.45) is 4.80. The van der Waals surface area contributed by atoms with Crippen molar-refractivity contribution in [3.63, 3.8) is 0 Å². The molecule has 0 unspecified atom stereocenters. The van der Waals surface area contributed by atoms with Gasteiger partial charge in [0.25, 0.3) is 0 Å². The molecule has 0 atom stereocenters. The Morgan fingerprint density at radius 1 is 1.37 bits per heavy atom. The van der Waals surface area contributed by atoms with Gasteiger partial charge in [0.2, 0.25) is 5.91 Å². The van der Waals surface area contributed by atoms with Crippen LogP contribution >= 0.6 is 12.2 Å². The lowest BCUT2D eigenvalue weighted by Crippen LogP contribution is -2.54. The number of hydrogen-bond acceptors (Lipinski definition) is 3. The lowest BCUT2D eigenvalue weighted by molar-refractivity contribution is -0.142. The second-order valence-corrected chi connectivity index (χ2v) is 6.03. The zero-order valence-electron chi connectivity index (χ0n) is 12.3. The quantitative estimate of drug-likeness (QED) is 0.760. The van der Waals surface area contributed by atoms with Crippen LogP contribution in [-0.4, -0.2) is 42.1 Å². The first-order chi connectivity index (χ1) is 8.95. The fraction of sp³-hybridized carbons (Fsp3) is 0.857. The predicted molar refractivity (Wildman–Crippen MR) is 81.0 cm³/mol. The van der Waals surface area contributed by atoms with Crippen LogP contribution in [0.2, 0.25) is 0 Å². The van der Waals surface area contributed by atoms with E-state index < -0.39 is 5.41 Å². The van der Waals surface area contributed by atoms with Crippen molar-refractivity contribution in [2.75, 3.05) is 20.3 Å². The summed E-state index contributed by atoms with van der Waals surface area (Å²) < 4.78 is 5.10. The third kappa shape index (κ3) is 3.66. The summed E-state index contributed by atoms with van der Waals surface area (Å²) in [6.45, 7) is 5.17. The van der Waals surface area contributed by atoms with Crippen LogP contribution in [0.25, 0.3) is 0 Å². The summed E-state index contributed by atoms with van der Waals surface area (Å²) >= 11 is 5.22. The van der Waals surface area contributed by atoms with E-state index in [2.05, 4.69) is 0 Å². The van der Waals surface area contributed by atoms with Crippen molar-refractivity contribution in [2.45, 2.75) is 52.0 Å². The van der Waals surface area contributed by atoms with E-state index in [1.807, 2.05) is 18.7 Å². The van der Waals surface area contributed by atoms with Gasteiger partial charge in [-0.05, 0) is 26.7 Å². The summed E-state index contributed by atoms with van der Waals surface area (Å²) in [7, 11) is 1.65. The Bertz CT molecular complexity index is 325. The van der Waals surface area contributed by atoms with Gasteiger partial charge < -0.3 is 15.4 Å². The van der Waals surface area contributed by atoms with E-state index >= 15 is 0 Å². The number of amides is 1. The summed E-state index contributed by atoms with van der Waals surface area (Å²) in [5, 5.41) is 0. The third-order valence-corrected chi connectivity index (χ3v) is 4.40. The van der Waals surface area contributed by atoms with Gasteiger partial charge in [-0.1, -0.05) is 31.5 Å². The van der Waals surface area contributed by atoms with E-state index in [1.165, 1.54) is 0 Å². The van der Waals surface area contributed by atoms with Crippen LogP contribution in [-0.2, 0) is 9.53 Å². The number of carbonyl (C=O) groups excluding carboxylic acids is 1. The molecule has 0 aromatic heterocycles. The maximum atomic E-state index is 12.9. The summed E-state index contributed by atoms with van der Waals surface area (Å²) in [4.78, 5) is 15.1. The molecule has 1 aliphatic rings. The molecular weight excluding hydrogens is 260 g/mol. The normalized spacial score (nSPS) is 18.3. The Hall–Kier alpha value is -0.680. The van der Waals surface area contributed by atoms with Crippen molar-refractivity contribution >= 4 is 23.1 Å². The summed E-state index contributed by atoms with van der Waals surface area (Å²) in [5.74, 6) is 0.0896. The van der Waals surface area contributed by atoms with Gasteiger partial charge in [0.1, 0.15) is 0 Å². The van der Waals surface area contributed by atoms with Crippen molar-refractivity contribution in [1.82, 2.24) is 4.90 Å². The molecule has 5 heteroatoms.